The monoisotopic (exact) mass is 549 g/mol. The van der Waals surface area contributed by atoms with Gasteiger partial charge in [0, 0.05) is 25.8 Å². The molecule has 0 aliphatic rings. The Balaban J connectivity index is 1.78. The number of hydrogen-bond donors (Lipinski definition) is 0. The lowest BCUT2D eigenvalue weighted by atomic mass is 10.1. The van der Waals surface area contributed by atoms with Gasteiger partial charge in [-0.3, -0.25) is 4.79 Å². The van der Waals surface area contributed by atoms with Crippen molar-refractivity contribution in [2.75, 3.05) is 20.3 Å². The van der Waals surface area contributed by atoms with Crippen LogP contribution < -0.4 is 4.18 Å². The number of ether oxygens (including phenoxy) is 1. The van der Waals surface area contributed by atoms with E-state index in [9.17, 15) is 26.4 Å². The van der Waals surface area contributed by atoms with Crippen molar-refractivity contribution < 1.29 is 35.3 Å². The molecule has 0 bridgehead atoms. The molecule has 1 amide bonds. The molecule has 0 fully saturated rings. The van der Waals surface area contributed by atoms with E-state index in [0.29, 0.717) is 30.3 Å². The average molecular weight is 550 g/mol. The van der Waals surface area contributed by atoms with Crippen molar-refractivity contribution in [3.63, 3.8) is 0 Å². The Bertz CT molecular complexity index is 1320. The summed E-state index contributed by atoms with van der Waals surface area (Å²) < 4.78 is 74.7. The van der Waals surface area contributed by atoms with Crippen LogP contribution in [0.4, 0.5) is 13.2 Å². The van der Waals surface area contributed by atoms with Crippen molar-refractivity contribution in [2.24, 2.45) is 0 Å². The van der Waals surface area contributed by atoms with Crippen molar-refractivity contribution in [1.82, 2.24) is 4.90 Å². The van der Waals surface area contributed by atoms with E-state index in [1.54, 1.807) is 29.2 Å². The standard InChI is InChI=1S/C28H30F3NO5S/c1-3-4-7-21-12-14-23(15-13-21)27(33)32(16-17-36-2)20-22-8-5-10-25(18-22)37-38(34,35)26-11-6-9-24(19-26)28(29,30)31/h5-6,8-15,18-19H,3-4,7,16-17,20H2,1-2H3. The maximum Gasteiger partial charge on any atom is 0.416 e. The van der Waals surface area contributed by atoms with Gasteiger partial charge in [-0.1, -0.05) is 43.7 Å². The van der Waals surface area contributed by atoms with E-state index in [1.165, 1.54) is 19.2 Å². The Morgan fingerprint density at radius 3 is 2.32 bits per heavy atom. The summed E-state index contributed by atoms with van der Waals surface area (Å²) >= 11 is 0. The van der Waals surface area contributed by atoms with Crippen LogP contribution in [0.3, 0.4) is 0 Å². The molecule has 0 heterocycles. The number of amides is 1. The second kappa shape index (κ2) is 12.9. The first-order valence-electron chi connectivity index (χ1n) is 12.1. The Hall–Kier alpha value is -3.37. The van der Waals surface area contributed by atoms with Gasteiger partial charge in [-0.25, -0.2) is 0 Å². The van der Waals surface area contributed by atoms with E-state index >= 15 is 0 Å². The lowest BCUT2D eigenvalue weighted by molar-refractivity contribution is -0.137. The first-order valence-corrected chi connectivity index (χ1v) is 13.5. The Morgan fingerprint density at radius 1 is 0.947 bits per heavy atom. The summed E-state index contributed by atoms with van der Waals surface area (Å²) in [6.07, 6.45) is -1.61. The van der Waals surface area contributed by atoms with Gasteiger partial charge in [0.1, 0.15) is 10.6 Å². The van der Waals surface area contributed by atoms with Crippen LogP contribution >= 0.6 is 0 Å². The van der Waals surface area contributed by atoms with Crippen LogP contribution in [-0.2, 0) is 34.0 Å². The summed E-state index contributed by atoms with van der Waals surface area (Å²) in [5, 5.41) is 0. The molecule has 0 aromatic heterocycles. The number of carbonyl (C=O) groups excluding carboxylic acids is 1. The first-order chi connectivity index (χ1) is 18.0. The third-order valence-corrected chi connectivity index (χ3v) is 7.04. The van der Waals surface area contributed by atoms with Crippen LogP contribution in [0.25, 0.3) is 0 Å². The third kappa shape index (κ3) is 8.06. The van der Waals surface area contributed by atoms with Crippen LogP contribution in [0.5, 0.6) is 5.75 Å². The zero-order valence-corrected chi connectivity index (χ0v) is 22.0. The van der Waals surface area contributed by atoms with E-state index in [1.807, 2.05) is 12.1 Å². The molecular weight excluding hydrogens is 519 g/mol. The highest BCUT2D eigenvalue weighted by Gasteiger charge is 2.32. The molecule has 3 aromatic carbocycles. The van der Waals surface area contributed by atoms with Gasteiger partial charge >= 0.3 is 16.3 Å². The summed E-state index contributed by atoms with van der Waals surface area (Å²) in [6.45, 7) is 2.84. The molecule has 10 heteroatoms. The summed E-state index contributed by atoms with van der Waals surface area (Å²) in [5.41, 5.74) is 1.15. The number of rotatable bonds is 12. The van der Waals surface area contributed by atoms with Gasteiger partial charge in [-0.05, 0) is 66.4 Å². The second-order valence-electron chi connectivity index (χ2n) is 8.73. The number of unbranched alkanes of at least 4 members (excludes halogenated alkanes) is 1. The fourth-order valence-electron chi connectivity index (χ4n) is 3.75. The topological polar surface area (TPSA) is 72.9 Å². The zero-order valence-electron chi connectivity index (χ0n) is 21.2. The summed E-state index contributed by atoms with van der Waals surface area (Å²) in [7, 11) is -3.00. The minimum atomic E-state index is -4.69. The highest BCUT2D eigenvalue weighted by atomic mass is 32.2. The van der Waals surface area contributed by atoms with Crippen molar-refractivity contribution in [1.29, 1.82) is 0 Å². The maximum absolute atomic E-state index is 13.2. The number of aryl methyl sites for hydroxylation is 1. The van der Waals surface area contributed by atoms with Gasteiger partial charge < -0.3 is 13.8 Å². The van der Waals surface area contributed by atoms with Gasteiger partial charge in [0.25, 0.3) is 5.91 Å². The minimum Gasteiger partial charge on any atom is -0.383 e. The Kier molecular flexibility index (Phi) is 9.93. The molecule has 204 valence electrons. The molecule has 0 radical (unpaired) electrons. The molecule has 3 aromatic rings. The molecule has 0 saturated carbocycles. The third-order valence-electron chi connectivity index (χ3n) is 5.80. The lowest BCUT2D eigenvalue weighted by Crippen LogP contribution is -2.33. The Morgan fingerprint density at radius 2 is 1.66 bits per heavy atom. The number of halogens is 3. The quantitative estimate of drug-likeness (QED) is 0.255. The van der Waals surface area contributed by atoms with Crippen LogP contribution in [0.2, 0.25) is 0 Å². The van der Waals surface area contributed by atoms with Crippen LogP contribution in [-0.4, -0.2) is 39.5 Å². The molecule has 0 unspecified atom stereocenters. The van der Waals surface area contributed by atoms with Crippen molar-refractivity contribution >= 4 is 16.0 Å². The molecule has 3 rings (SSSR count). The number of carbonyl (C=O) groups is 1. The molecule has 0 aliphatic carbocycles. The number of alkyl halides is 3. The van der Waals surface area contributed by atoms with E-state index in [-0.39, 0.29) is 18.2 Å². The fourth-order valence-corrected chi connectivity index (χ4v) is 4.72. The van der Waals surface area contributed by atoms with Gasteiger partial charge in [-0.2, -0.15) is 21.6 Å². The highest BCUT2D eigenvalue weighted by Crippen LogP contribution is 2.31. The van der Waals surface area contributed by atoms with Gasteiger partial charge in [0.15, 0.2) is 0 Å². The molecule has 0 atom stereocenters. The lowest BCUT2D eigenvalue weighted by Gasteiger charge is -2.23. The van der Waals surface area contributed by atoms with Crippen LogP contribution in [0.1, 0.15) is 46.8 Å². The predicted octanol–water partition coefficient (Wildman–Crippen LogP) is 6.10. The zero-order chi connectivity index (χ0) is 27.8. The molecular formula is C28H30F3NO5S. The SMILES string of the molecule is CCCCc1ccc(C(=O)N(CCOC)Cc2cccc(OS(=O)(=O)c3cccc(C(F)(F)F)c3)c2)cc1. The van der Waals surface area contributed by atoms with Crippen molar-refractivity contribution in [3.8, 4) is 5.75 Å². The number of nitrogens with zero attached hydrogens (tertiary/aromatic N) is 1. The number of methoxy groups -OCH3 is 1. The van der Waals surface area contributed by atoms with Gasteiger partial charge in [0.05, 0.1) is 12.2 Å². The van der Waals surface area contributed by atoms with Crippen molar-refractivity contribution in [2.45, 2.75) is 43.8 Å². The largest absolute Gasteiger partial charge is 0.416 e. The fraction of sp³-hybridized carbons (Fsp3) is 0.321. The van der Waals surface area contributed by atoms with E-state index < -0.39 is 26.8 Å². The molecule has 0 aliphatic heterocycles. The summed E-state index contributed by atoms with van der Waals surface area (Å²) in [5.74, 6) is -0.300. The molecule has 0 N–H and O–H groups in total. The van der Waals surface area contributed by atoms with E-state index in [4.69, 9.17) is 8.92 Å². The maximum atomic E-state index is 13.2. The molecule has 0 saturated heterocycles. The first kappa shape index (κ1) is 29.2. The van der Waals surface area contributed by atoms with Gasteiger partial charge in [-0.15, -0.1) is 0 Å². The van der Waals surface area contributed by atoms with E-state index in [0.717, 1.165) is 43.0 Å². The predicted molar refractivity (Wildman–Crippen MR) is 137 cm³/mol. The number of hydrogen-bond acceptors (Lipinski definition) is 5. The van der Waals surface area contributed by atoms with Crippen LogP contribution in [0, 0.1) is 0 Å². The number of benzene rings is 3. The second-order valence-corrected chi connectivity index (χ2v) is 10.3. The normalized spacial score (nSPS) is 11.8. The van der Waals surface area contributed by atoms with E-state index in [2.05, 4.69) is 6.92 Å². The molecule has 0 spiro atoms. The smallest absolute Gasteiger partial charge is 0.383 e. The average Bonchev–Trinajstić information content (AvgIpc) is 2.89. The molecule has 6 nitrogen and oxygen atoms in total. The highest BCUT2D eigenvalue weighted by molar-refractivity contribution is 7.87. The Labute approximate surface area is 221 Å². The summed E-state index contributed by atoms with van der Waals surface area (Å²) in [6, 6.07) is 16.9. The van der Waals surface area contributed by atoms with Crippen molar-refractivity contribution in [3.05, 3.63) is 95.1 Å². The molecule has 38 heavy (non-hydrogen) atoms. The summed E-state index contributed by atoms with van der Waals surface area (Å²) in [4.78, 5) is 14.2. The van der Waals surface area contributed by atoms with Gasteiger partial charge in [0.2, 0.25) is 0 Å². The minimum absolute atomic E-state index is 0.0840. The van der Waals surface area contributed by atoms with Crippen LogP contribution in [0.15, 0.2) is 77.7 Å².